The second-order valence-electron chi connectivity index (χ2n) is 8.41. The molecule has 130 valence electrons. The van der Waals surface area contributed by atoms with E-state index >= 15 is 0 Å². The van der Waals surface area contributed by atoms with E-state index in [0.29, 0.717) is 18.1 Å². The molecule has 3 aliphatic rings. The molecule has 25 heavy (non-hydrogen) atoms. The summed E-state index contributed by atoms with van der Waals surface area (Å²) in [5, 5.41) is 12.3. The largest absolute Gasteiger partial charge is 0.395 e. The second-order valence-corrected chi connectivity index (χ2v) is 8.41. The zero-order chi connectivity index (χ0) is 16.9. The van der Waals surface area contributed by atoms with Gasteiger partial charge < -0.3 is 5.11 Å². The lowest BCUT2D eigenvalue weighted by Gasteiger charge is -2.33. The molecule has 2 nitrogen and oxygen atoms in total. The highest BCUT2D eigenvalue weighted by molar-refractivity contribution is 5.87. The molecule has 3 atom stereocenters. The quantitative estimate of drug-likeness (QED) is 0.892. The first kappa shape index (κ1) is 15.6. The summed E-state index contributed by atoms with van der Waals surface area (Å²) >= 11 is 0. The fourth-order valence-electron chi connectivity index (χ4n) is 5.59. The van der Waals surface area contributed by atoms with Crippen molar-refractivity contribution in [1.29, 1.82) is 0 Å². The van der Waals surface area contributed by atoms with Crippen molar-refractivity contribution >= 4 is 16.3 Å². The number of benzene rings is 2. The van der Waals surface area contributed by atoms with E-state index in [2.05, 4.69) is 53.4 Å². The van der Waals surface area contributed by atoms with Crippen molar-refractivity contribution in [3.63, 3.8) is 0 Å². The number of hydrogen-bond donors (Lipinski definition) is 1. The van der Waals surface area contributed by atoms with Crippen LogP contribution < -0.4 is 0 Å². The van der Waals surface area contributed by atoms with Crippen LogP contribution in [0, 0.1) is 11.3 Å². The monoisotopic (exact) mass is 333 g/mol. The van der Waals surface area contributed by atoms with E-state index in [9.17, 15) is 5.11 Å². The Morgan fingerprint density at radius 2 is 1.96 bits per heavy atom. The smallest absolute Gasteiger partial charge is 0.0586 e. The standard InChI is InChI=1S/C23H27NO/c25-15-21-6-3-11-24(21)16-23-10-9-20(13-23)22(14-23)19-8-7-17-4-1-2-5-18(17)12-19/h1-2,4-5,7-8,12,14,20-21,25H,3,6,9-11,13,15-16H2. The molecule has 2 aromatic rings. The fourth-order valence-corrected chi connectivity index (χ4v) is 5.59. The van der Waals surface area contributed by atoms with Gasteiger partial charge in [0.05, 0.1) is 6.61 Å². The maximum absolute atomic E-state index is 9.65. The van der Waals surface area contributed by atoms with Crippen LogP contribution in [-0.2, 0) is 0 Å². The fraction of sp³-hybridized carbons (Fsp3) is 0.478. The molecule has 1 saturated carbocycles. The lowest BCUT2D eigenvalue weighted by atomic mass is 9.84. The molecule has 1 aliphatic heterocycles. The first-order chi connectivity index (χ1) is 12.3. The zero-order valence-corrected chi connectivity index (χ0v) is 14.8. The third kappa shape index (κ3) is 2.63. The van der Waals surface area contributed by atoms with Crippen LogP contribution in [0.15, 0.2) is 48.5 Å². The van der Waals surface area contributed by atoms with Crippen molar-refractivity contribution in [2.75, 3.05) is 19.7 Å². The maximum atomic E-state index is 9.65. The average molecular weight is 333 g/mol. The van der Waals surface area contributed by atoms with Crippen molar-refractivity contribution in [1.82, 2.24) is 4.90 Å². The van der Waals surface area contributed by atoms with Crippen molar-refractivity contribution in [2.24, 2.45) is 11.3 Å². The van der Waals surface area contributed by atoms with Crippen molar-refractivity contribution in [2.45, 2.75) is 38.1 Å². The summed E-state index contributed by atoms with van der Waals surface area (Å²) in [5.74, 6) is 0.733. The average Bonchev–Trinajstić information content (AvgIpc) is 3.36. The van der Waals surface area contributed by atoms with Gasteiger partial charge in [0.25, 0.3) is 0 Å². The van der Waals surface area contributed by atoms with E-state index in [1.807, 2.05) is 0 Å². The van der Waals surface area contributed by atoms with Gasteiger partial charge in [0.1, 0.15) is 0 Å². The third-order valence-electron chi connectivity index (χ3n) is 6.86. The van der Waals surface area contributed by atoms with E-state index in [0.717, 1.165) is 25.4 Å². The van der Waals surface area contributed by atoms with Gasteiger partial charge in [-0.05, 0) is 72.5 Å². The predicted octanol–water partition coefficient (Wildman–Crippen LogP) is 4.48. The minimum Gasteiger partial charge on any atom is -0.395 e. The Hall–Kier alpha value is -1.64. The summed E-state index contributed by atoms with van der Waals surface area (Å²) < 4.78 is 0. The van der Waals surface area contributed by atoms with Crippen LogP contribution in [0.25, 0.3) is 16.3 Å². The lowest BCUT2D eigenvalue weighted by molar-refractivity contribution is 0.124. The molecular formula is C23H27NO. The summed E-state index contributed by atoms with van der Waals surface area (Å²) in [6, 6.07) is 16.0. The number of aliphatic hydroxyl groups is 1. The van der Waals surface area contributed by atoms with E-state index < -0.39 is 0 Å². The molecule has 0 radical (unpaired) electrons. The minimum absolute atomic E-state index is 0.320. The highest BCUT2D eigenvalue weighted by atomic mass is 16.3. The molecule has 5 rings (SSSR count). The number of nitrogens with zero attached hydrogens (tertiary/aromatic N) is 1. The first-order valence-corrected chi connectivity index (χ1v) is 9.83. The summed E-state index contributed by atoms with van der Waals surface area (Å²) in [4.78, 5) is 2.56. The Bertz CT molecular complexity index is 826. The van der Waals surface area contributed by atoms with Crippen LogP contribution in [-0.4, -0.2) is 35.7 Å². The van der Waals surface area contributed by atoms with Gasteiger partial charge in [0.15, 0.2) is 0 Å². The summed E-state index contributed by atoms with van der Waals surface area (Å²) in [7, 11) is 0. The minimum atomic E-state index is 0.320. The van der Waals surface area contributed by atoms with Gasteiger partial charge in [-0.1, -0.05) is 42.5 Å². The van der Waals surface area contributed by atoms with Crippen LogP contribution >= 0.6 is 0 Å². The van der Waals surface area contributed by atoms with Gasteiger partial charge in [-0.2, -0.15) is 0 Å². The third-order valence-corrected chi connectivity index (χ3v) is 6.86. The number of fused-ring (bicyclic) bond motifs is 3. The molecule has 0 amide bonds. The van der Waals surface area contributed by atoms with Gasteiger partial charge >= 0.3 is 0 Å². The SMILES string of the molecule is OCC1CCCN1CC12C=C(c3ccc4ccccc4c3)C(CC1)C2. The highest BCUT2D eigenvalue weighted by Crippen LogP contribution is 2.56. The summed E-state index contributed by atoms with van der Waals surface area (Å²) in [5.41, 5.74) is 3.35. The van der Waals surface area contributed by atoms with Gasteiger partial charge in [-0.25, -0.2) is 0 Å². The van der Waals surface area contributed by atoms with Crippen LogP contribution in [0.3, 0.4) is 0 Å². The lowest BCUT2D eigenvalue weighted by Crippen LogP contribution is -2.39. The van der Waals surface area contributed by atoms with E-state index in [4.69, 9.17) is 0 Å². The van der Waals surface area contributed by atoms with Gasteiger partial charge in [-0.15, -0.1) is 0 Å². The van der Waals surface area contributed by atoms with Gasteiger partial charge in [0, 0.05) is 18.0 Å². The summed E-state index contributed by atoms with van der Waals surface area (Å²) in [6.45, 7) is 2.63. The molecule has 2 fully saturated rings. The zero-order valence-electron chi connectivity index (χ0n) is 14.8. The Labute approximate surface area is 150 Å². The van der Waals surface area contributed by atoms with Gasteiger partial charge in [-0.3, -0.25) is 4.90 Å². The van der Waals surface area contributed by atoms with Crippen molar-refractivity contribution in [3.8, 4) is 0 Å². The number of rotatable bonds is 4. The van der Waals surface area contributed by atoms with Crippen LogP contribution in [0.1, 0.15) is 37.7 Å². The Balaban J connectivity index is 1.45. The van der Waals surface area contributed by atoms with Crippen molar-refractivity contribution < 1.29 is 5.11 Å². The van der Waals surface area contributed by atoms with Crippen LogP contribution in [0.2, 0.25) is 0 Å². The Morgan fingerprint density at radius 1 is 1.08 bits per heavy atom. The molecule has 2 aliphatic carbocycles. The number of hydrogen-bond acceptors (Lipinski definition) is 2. The van der Waals surface area contributed by atoms with Crippen LogP contribution in [0.4, 0.5) is 0 Å². The molecular weight excluding hydrogens is 306 g/mol. The molecule has 2 aromatic carbocycles. The Morgan fingerprint density at radius 3 is 2.84 bits per heavy atom. The first-order valence-electron chi connectivity index (χ1n) is 9.83. The molecule has 1 N–H and O–H groups in total. The number of allylic oxidation sites excluding steroid dienone is 1. The molecule has 3 unspecified atom stereocenters. The molecule has 1 heterocycles. The summed E-state index contributed by atoms with van der Waals surface area (Å²) in [6.07, 6.45) is 8.98. The van der Waals surface area contributed by atoms with Crippen LogP contribution in [0.5, 0.6) is 0 Å². The van der Waals surface area contributed by atoms with E-state index in [-0.39, 0.29) is 0 Å². The maximum Gasteiger partial charge on any atom is 0.0586 e. The number of aliphatic hydroxyl groups excluding tert-OH is 1. The Kier molecular flexibility index (Phi) is 3.72. The topological polar surface area (TPSA) is 23.5 Å². The van der Waals surface area contributed by atoms with E-state index in [1.54, 1.807) is 5.57 Å². The number of likely N-dealkylation sites (tertiary alicyclic amines) is 1. The normalized spacial score (nSPS) is 31.8. The van der Waals surface area contributed by atoms with Gasteiger partial charge in [0.2, 0.25) is 0 Å². The molecule has 2 heteroatoms. The molecule has 2 bridgehead atoms. The molecule has 0 aromatic heterocycles. The van der Waals surface area contributed by atoms with E-state index in [1.165, 1.54) is 42.0 Å². The van der Waals surface area contributed by atoms with Crippen molar-refractivity contribution in [3.05, 3.63) is 54.1 Å². The predicted molar refractivity (Wildman–Crippen MR) is 103 cm³/mol. The highest BCUT2D eigenvalue weighted by Gasteiger charge is 2.46. The molecule has 1 saturated heterocycles. The second kappa shape index (κ2) is 5.96. The molecule has 0 spiro atoms.